The second-order valence-corrected chi connectivity index (χ2v) is 7.27. The average molecular weight is 369 g/mol. The van der Waals surface area contributed by atoms with E-state index in [2.05, 4.69) is 4.98 Å². The van der Waals surface area contributed by atoms with Crippen molar-refractivity contribution >= 4 is 16.9 Å². The summed E-state index contributed by atoms with van der Waals surface area (Å²) in [6, 6.07) is 7.52. The molecule has 2 aliphatic rings. The van der Waals surface area contributed by atoms with Gasteiger partial charge in [-0.25, -0.2) is 13.6 Å². The van der Waals surface area contributed by atoms with E-state index >= 15 is 0 Å². The molecule has 0 bridgehead atoms. The number of fused-ring (bicyclic) bond motifs is 2. The summed E-state index contributed by atoms with van der Waals surface area (Å²) in [4.78, 5) is 29.5. The first kappa shape index (κ1) is 16.2. The monoisotopic (exact) mass is 369 g/mol. The van der Waals surface area contributed by atoms with E-state index in [1.54, 1.807) is 27.7 Å². The summed E-state index contributed by atoms with van der Waals surface area (Å²) in [5.41, 5.74) is 2.72. The third-order valence-corrected chi connectivity index (χ3v) is 5.41. The molecule has 7 heteroatoms. The largest absolute Gasteiger partial charge is 0.334 e. The Bertz CT molecular complexity index is 1140. The lowest BCUT2D eigenvalue weighted by molar-refractivity contribution is 0.0733. The number of carbonyl (C=O) groups excluding carboxylic acids is 1. The zero-order chi connectivity index (χ0) is 18.7. The fourth-order valence-electron chi connectivity index (χ4n) is 3.91. The number of nitrogens with zero attached hydrogens (tertiary/aromatic N) is 2. The Morgan fingerprint density at radius 2 is 1.96 bits per heavy atom. The second-order valence-electron chi connectivity index (χ2n) is 7.27. The first-order chi connectivity index (χ1) is 13.0. The molecule has 138 valence electrons. The number of hydrogen-bond acceptors (Lipinski definition) is 2. The Morgan fingerprint density at radius 3 is 2.74 bits per heavy atom. The van der Waals surface area contributed by atoms with Crippen molar-refractivity contribution in [2.24, 2.45) is 0 Å². The number of halogens is 2. The van der Waals surface area contributed by atoms with E-state index in [1.165, 1.54) is 6.07 Å². The summed E-state index contributed by atoms with van der Waals surface area (Å²) < 4.78 is 29.1. The van der Waals surface area contributed by atoms with Crippen LogP contribution in [0.2, 0.25) is 0 Å². The normalized spacial score (nSPS) is 16.6. The fourth-order valence-corrected chi connectivity index (χ4v) is 3.91. The minimum atomic E-state index is -0.636. The van der Waals surface area contributed by atoms with E-state index in [0.717, 1.165) is 24.4 Å². The smallest absolute Gasteiger partial charge is 0.326 e. The van der Waals surface area contributed by atoms with Crippen LogP contribution in [0.15, 0.2) is 35.1 Å². The van der Waals surface area contributed by atoms with Crippen molar-refractivity contribution in [2.45, 2.75) is 31.8 Å². The highest BCUT2D eigenvalue weighted by atomic mass is 19.1. The van der Waals surface area contributed by atoms with Gasteiger partial charge in [0, 0.05) is 30.8 Å². The predicted octanol–water partition coefficient (Wildman–Crippen LogP) is 3.14. The minimum absolute atomic E-state index is 0.157. The molecule has 2 heterocycles. The maximum absolute atomic E-state index is 13.9. The predicted molar refractivity (Wildman–Crippen MR) is 95.6 cm³/mol. The molecule has 0 radical (unpaired) electrons. The van der Waals surface area contributed by atoms with Crippen LogP contribution in [0.25, 0.3) is 11.0 Å². The quantitative estimate of drug-likeness (QED) is 0.755. The molecular formula is C20H17F2N3O2. The van der Waals surface area contributed by atoms with E-state index in [-0.39, 0.29) is 24.2 Å². The van der Waals surface area contributed by atoms with Gasteiger partial charge in [0.15, 0.2) is 0 Å². The first-order valence-corrected chi connectivity index (χ1v) is 9.01. The van der Waals surface area contributed by atoms with Gasteiger partial charge in [-0.3, -0.25) is 9.36 Å². The standard InChI is InChI=1S/C20H17F2N3O2/c21-13-7-12-10-24(6-5-15(12)16(22)9-13)19(26)11-1-4-17-18(8-11)25(14-2-3-14)20(27)23-17/h1,4,7-9,14H,2-3,5-6,10H2,(H,23,27). The van der Waals surface area contributed by atoms with Crippen LogP contribution in [0.1, 0.15) is 40.4 Å². The van der Waals surface area contributed by atoms with Crippen LogP contribution in [0.5, 0.6) is 0 Å². The van der Waals surface area contributed by atoms with Gasteiger partial charge in [0.05, 0.1) is 11.0 Å². The Hall–Kier alpha value is -2.96. The van der Waals surface area contributed by atoms with Crippen LogP contribution in [-0.2, 0) is 13.0 Å². The Labute approximate surface area is 153 Å². The van der Waals surface area contributed by atoms with Crippen LogP contribution in [0, 0.1) is 11.6 Å². The number of H-pyrrole nitrogens is 1. The molecule has 0 atom stereocenters. The summed E-state index contributed by atoms with van der Waals surface area (Å²) in [5.74, 6) is -1.40. The van der Waals surface area contributed by atoms with Crippen molar-refractivity contribution in [1.82, 2.24) is 14.5 Å². The molecule has 0 spiro atoms. The van der Waals surface area contributed by atoms with Crippen molar-refractivity contribution in [2.75, 3.05) is 6.54 Å². The molecule has 1 saturated carbocycles. The van der Waals surface area contributed by atoms with Crippen molar-refractivity contribution < 1.29 is 13.6 Å². The second kappa shape index (κ2) is 5.77. The number of hydrogen-bond donors (Lipinski definition) is 1. The summed E-state index contributed by atoms with van der Waals surface area (Å²) in [7, 11) is 0. The maximum Gasteiger partial charge on any atom is 0.326 e. The molecule has 1 fully saturated rings. The summed E-state index contributed by atoms with van der Waals surface area (Å²) >= 11 is 0. The van der Waals surface area contributed by atoms with Gasteiger partial charge < -0.3 is 9.88 Å². The lowest BCUT2D eigenvalue weighted by Gasteiger charge is -2.29. The highest BCUT2D eigenvalue weighted by Crippen LogP contribution is 2.36. The van der Waals surface area contributed by atoms with Crippen molar-refractivity contribution in [1.29, 1.82) is 0 Å². The Kier molecular flexibility index (Phi) is 3.47. The van der Waals surface area contributed by atoms with Gasteiger partial charge >= 0.3 is 5.69 Å². The molecule has 5 nitrogen and oxygen atoms in total. The van der Waals surface area contributed by atoms with Crippen LogP contribution in [-0.4, -0.2) is 26.9 Å². The molecule has 1 aliphatic carbocycles. The minimum Gasteiger partial charge on any atom is -0.334 e. The zero-order valence-electron chi connectivity index (χ0n) is 14.5. The summed E-state index contributed by atoms with van der Waals surface area (Å²) in [5, 5.41) is 0. The van der Waals surface area contributed by atoms with Gasteiger partial charge in [-0.2, -0.15) is 0 Å². The van der Waals surface area contributed by atoms with Crippen LogP contribution >= 0.6 is 0 Å². The Balaban J connectivity index is 1.49. The molecule has 2 aromatic carbocycles. The summed E-state index contributed by atoms with van der Waals surface area (Å²) in [6.07, 6.45) is 2.28. The Morgan fingerprint density at radius 1 is 1.15 bits per heavy atom. The van der Waals surface area contributed by atoms with Gasteiger partial charge in [-0.1, -0.05) is 0 Å². The lowest BCUT2D eigenvalue weighted by atomic mass is 9.98. The zero-order valence-corrected chi connectivity index (χ0v) is 14.5. The topological polar surface area (TPSA) is 58.1 Å². The number of amides is 1. The van der Waals surface area contributed by atoms with Gasteiger partial charge in [0.25, 0.3) is 5.91 Å². The van der Waals surface area contributed by atoms with Gasteiger partial charge in [-0.05, 0) is 54.7 Å². The SMILES string of the molecule is O=C(c1ccc2[nH]c(=O)n(C3CC3)c2c1)N1CCc2c(F)cc(F)cc2C1. The molecule has 0 saturated heterocycles. The molecule has 1 aromatic heterocycles. The van der Waals surface area contributed by atoms with E-state index in [1.807, 2.05) is 0 Å². The third-order valence-electron chi connectivity index (χ3n) is 5.41. The molecule has 1 N–H and O–H groups in total. The molecule has 3 aromatic rings. The number of imidazole rings is 1. The fraction of sp³-hybridized carbons (Fsp3) is 0.300. The molecule has 1 amide bonds. The number of rotatable bonds is 2. The van der Waals surface area contributed by atoms with Crippen molar-refractivity contribution in [3.8, 4) is 0 Å². The van der Waals surface area contributed by atoms with E-state index < -0.39 is 11.6 Å². The summed E-state index contributed by atoms with van der Waals surface area (Å²) in [6.45, 7) is 0.540. The van der Waals surface area contributed by atoms with Gasteiger partial charge in [0.2, 0.25) is 0 Å². The number of carbonyl (C=O) groups is 1. The molecular weight excluding hydrogens is 352 g/mol. The van der Waals surface area contributed by atoms with E-state index in [4.69, 9.17) is 0 Å². The van der Waals surface area contributed by atoms with Crippen LogP contribution in [0.3, 0.4) is 0 Å². The first-order valence-electron chi connectivity index (χ1n) is 9.01. The number of nitrogens with one attached hydrogen (secondary N) is 1. The van der Waals surface area contributed by atoms with E-state index in [0.29, 0.717) is 35.2 Å². The van der Waals surface area contributed by atoms with Gasteiger partial charge in [-0.15, -0.1) is 0 Å². The maximum atomic E-state index is 13.9. The highest BCUT2D eigenvalue weighted by molar-refractivity contribution is 5.97. The highest BCUT2D eigenvalue weighted by Gasteiger charge is 2.28. The number of aromatic amines is 1. The molecule has 27 heavy (non-hydrogen) atoms. The molecule has 0 unspecified atom stereocenters. The average Bonchev–Trinajstić information content (AvgIpc) is 3.41. The van der Waals surface area contributed by atoms with Crippen molar-refractivity contribution in [3.05, 3.63) is 69.1 Å². The van der Waals surface area contributed by atoms with Crippen molar-refractivity contribution in [3.63, 3.8) is 0 Å². The van der Waals surface area contributed by atoms with Crippen LogP contribution in [0.4, 0.5) is 8.78 Å². The molecule has 5 rings (SSSR count). The third kappa shape index (κ3) is 2.65. The number of aromatic nitrogens is 2. The van der Waals surface area contributed by atoms with Gasteiger partial charge in [0.1, 0.15) is 11.6 Å². The number of benzene rings is 2. The molecule has 1 aliphatic heterocycles. The lowest BCUT2D eigenvalue weighted by Crippen LogP contribution is -2.36. The van der Waals surface area contributed by atoms with Crippen LogP contribution < -0.4 is 5.69 Å². The van der Waals surface area contributed by atoms with E-state index in [9.17, 15) is 18.4 Å².